The zero-order valence-electron chi connectivity index (χ0n) is 11.3. The van der Waals surface area contributed by atoms with Crippen LogP contribution in [0.15, 0.2) is 35.4 Å². The second kappa shape index (κ2) is 7.14. The minimum atomic E-state index is -0.0692. The van der Waals surface area contributed by atoms with E-state index in [0.717, 1.165) is 32.7 Å². The molecule has 1 aromatic carbocycles. The lowest BCUT2D eigenvalue weighted by molar-refractivity contribution is 0.0510. The topological polar surface area (TPSA) is 61.2 Å². The zero-order chi connectivity index (χ0) is 13.5. The van der Waals surface area contributed by atoms with Gasteiger partial charge in [0.15, 0.2) is 0 Å². The van der Waals surface area contributed by atoms with Gasteiger partial charge >= 0.3 is 0 Å². The molecule has 0 N–H and O–H groups in total. The van der Waals surface area contributed by atoms with Crippen molar-refractivity contribution < 1.29 is 4.74 Å². The molecule has 5 heteroatoms. The van der Waals surface area contributed by atoms with Gasteiger partial charge in [-0.05, 0) is 17.5 Å². The first-order chi connectivity index (χ1) is 9.33. The third-order valence-corrected chi connectivity index (χ3v) is 3.30. The number of ether oxygens (including phenoxy) is 1. The smallest absolute Gasteiger partial charge is 0.0799 e. The molecule has 19 heavy (non-hydrogen) atoms. The van der Waals surface area contributed by atoms with E-state index < -0.39 is 0 Å². The fourth-order valence-corrected chi connectivity index (χ4v) is 2.41. The van der Waals surface area contributed by atoms with Gasteiger partial charge in [-0.2, -0.15) is 0 Å². The van der Waals surface area contributed by atoms with Crippen LogP contribution in [0.5, 0.6) is 0 Å². The van der Waals surface area contributed by atoms with Crippen molar-refractivity contribution in [3.8, 4) is 0 Å². The molecule has 1 heterocycles. The predicted molar refractivity (Wildman–Crippen MR) is 74.7 cm³/mol. The van der Waals surface area contributed by atoms with Gasteiger partial charge in [-0.1, -0.05) is 42.4 Å². The summed E-state index contributed by atoms with van der Waals surface area (Å²) in [6.45, 7) is 5.29. The molecule has 0 bridgehead atoms. The standard InChI is InChI=1S/C14H20N4O/c1-2-8-19-14-11-18(10-13(14)16-17-15)9-12-6-4-3-5-7-12/h3-7,13-14H,2,8-11H2,1H3/t13-,14-/m1/s1. The molecule has 2 atom stereocenters. The lowest BCUT2D eigenvalue weighted by atomic mass is 10.2. The molecule has 0 aromatic heterocycles. The Bertz CT molecular complexity index is 430. The summed E-state index contributed by atoms with van der Waals surface area (Å²) in [6.07, 6.45) is 1.01. The van der Waals surface area contributed by atoms with E-state index >= 15 is 0 Å². The SMILES string of the molecule is CCCO[C@@H]1CN(Cc2ccccc2)C[C@H]1N=[N+]=[N-]. The number of hydrogen-bond donors (Lipinski definition) is 0. The van der Waals surface area contributed by atoms with Crippen LogP contribution < -0.4 is 0 Å². The van der Waals surface area contributed by atoms with Crippen molar-refractivity contribution in [2.45, 2.75) is 32.0 Å². The molecular weight excluding hydrogens is 240 g/mol. The summed E-state index contributed by atoms with van der Waals surface area (Å²) in [4.78, 5) is 5.22. The molecule has 1 aliphatic rings. The van der Waals surface area contributed by atoms with Crippen molar-refractivity contribution in [1.29, 1.82) is 0 Å². The lowest BCUT2D eigenvalue weighted by Crippen LogP contribution is -2.26. The second-order valence-electron chi connectivity index (χ2n) is 4.86. The third-order valence-electron chi connectivity index (χ3n) is 3.30. The van der Waals surface area contributed by atoms with Crippen LogP contribution in [0.2, 0.25) is 0 Å². The number of azide groups is 1. The maximum atomic E-state index is 8.63. The quantitative estimate of drug-likeness (QED) is 0.448. The Labute approximate surface area is 113 Å². The number of rotatable bonds is 6. The summed E-state index contributed by atoms with van der Waals surface area (Å²) in [5, 5.41) is 3.86. The Hall–Kier alpha value is -1.55. The summed E-state index contributed by atoms with van der Waals surface area (Å²) < 4.78 is 5.78. The molecule has 0 aliphatic carbocycles. The molecule has 1 aliphatic heterocycles. The molecule has 1 fully saturated rings. The van der Waals surface area contributed by atoms with E-state index in [2.05, 4.69) is 34.0 Å². The first-order valence-corrected chi connectivity index (χ1v) is 6.75. The van der Waals surface area contributed by atoms with Gasteiger partial charge in [0.25, 0.3) is 0 Å². The largest absolute Gasteiger partial charge is 0.376 e. The highest BCUT2D eigenvalue weighted by Gasteiger charge is 2.32. The first kappa shape index (κ1) is 13.9. The van der Waals surface area contributed by atoms with Crippen molar-refractivity contribution in [2.75, 3.05) is 19.7 Å². The van der Waals surface area contributed by atoms with E-state index in [4.69, 9.17) is 10.3 Å². The molecule has 0 saturated carbocycles. The normalized spacial score (nSPS) is 23.2. The molecule has 0 spiro atoms. The van der Waals surface area contributed by atoms with Gasteiger partial charge in [0.2, 0.25) is 0 Å². The predicted octanol–water partition coefficient (Wildman–Crippen LogP) is 2.98. The lowest BCUT2D eigenvalue weighted by Gasteiger charge is -2.16. The number of likely N-dealkylation sites (tertiary alicyclic amines) is 1. The Morgan fingerprint density at radius 3 is 2.84 bits per heavy atom. The molecular formula is C14H20N4O. The minimum Gasteiger partial charge on any atom is -0.376 e. The van der Waals surface area contributed by atoms with Crippen LogP contribution in [0.25, 0.3) is 10.4 Å². The van der Waals surface area contributed by atoms with Gasteiger partial charge in [0.1, 0.15) is 0 Å². The summed E-state index contributed by atoms with van der Waals surface area (Å²) in [7, 11) is 0. The molecule has 0 amide bonds. The molecule has 5 nitrogen and oxygen atoms in total. The number of benzene rings is 1. The van der Waals surface area contributed by atoms with Crippen LogP contribution >= 0.6 is 0 Å². The maximum absolute atomic E-state index is 8.63. The second-order valence-corrected chi connectivity index (χ2v) is 4.86. The van der Waals surface area contributed by atoms with E-state index in [1.807, 2.05) is 18.2 Å². The van der Waals surface area contributed by atoms with E-state index in [1.165, 1.54) is 5.56 Å². The van der Waals surface area contributed by atoms with Crippen LogP contribution in [0.4, 0.5) is 0 Å². The molecule has 0 unspecified atom stereocenters. The molecule has 2 rings (SSSR count). The fraction of sp³-hybridized carbons (Fsp3) is 0.571. The molecule has 1 aromatic rings. The van der Waals surface area contributed by atoms with Crippen LogP contribution in [0, 0.1) is 0 Å². The zero-order valence-corrected chi connectivity index (χ0v) is 11.3. The van der Waals surface area contributed by atoms with E-state index in [9.17, 15) is 0 Å². The maximum Gasteiger partial charge on any atom is 0.0799 e. The Morgan fingerprint density at radius 1 is 1.37 bits per heavy atom. The van der Waals surface area contributed by atoms with Crippen LogP contribution in [-0.4, -0.2) is 36.7 Å². The Kier molecular flexibility index (Phi) is 5.21. The minimum absolute atomic E-state index is 0.0274. The molecule has 0 radical (unpaired) electrons. The van der Waals surface area contributed by atoms with E-state index in [0.29, 0.717) is 0 Å². The van der Waals surface area contributed by atoms with E-state index in [-0.39, 0.29) is 12.1 Å². The first-order valence-electron chi connectivity index (χ1n) is 6.75. The van der Waals surface area contributed by atoms with Crippen molar-refractivity contribution >= 4 is 0 Å². The number of nitrogens with zero attached hydrogens (tertiary/aromatic N) is 4. The monoisotopic (exact) mass is 260 g/mol. The highest BCUT2D eigenvalue weighted by molar-refractivity contribution is 5.15. The summed E-state index contributed by atoms with van der Waals surface area (Å²) in [5.41, 5.74) is 9.91. The summed E-state index contributed by atoms with van der Waals surface area (Å²) in [5.74, 6) is 0. The van der Waals surface area contributed by atoms with E-state index in [1.54, 1.807) is 0 Å². The van der Waals surface area contributed by atoms with Crippen molar-refractivity contribution in [1.82, 2.24) is 4.90 Å². The average Bonchev–Trinajstić information content (AvgIpc) is 2.80. The fourth-order valence-electron chi connectivity index (χ4n) is 2.41. The van der Waals surface area contributed by atoms with Crippen LogP contribution in [0.1, 0.15) is 18.9 Å². The van der Waals surface area contributed by atoms with Crippen LogP contribution in [-0.2, 0) is 11.3 Å². The Morgan fingerprint density at radius 2 is 2.16 bits per heavy atom. The van der Waals surface area contributed by atoms with Gasteiger partial charge in [0.05, 0.1) is 12.1 Å². The van der Waals surface area contributed by atoms with Crippen molar-refractivity contribution in [3.63, 3.8) is 0 Å². The third kappa shape index (κ3) is 3.96. The van der Waals surface area contributed by atoms with Gasteiger partial charge < -0.3 is 4.74 Å². The summed E-state index contributed by atoms with van der Waals surface area (Å²) >= 11 is 0. The van der Waals surface area contributed by atoms with Gasteiger partial charge in [-0.3, -0.25) is 4.90 Å². The van der Waals surface area contributed by atoms with Crippen molar-refractivity contribution in [2.24, 2.45) is 5.11 Å². The number of hydrogen-bond acceptors (Lipinski definition) is 3. The highest BCUT2D eigenvalue weighted by Crippen LogP contribution is 2.19. The van der Waals surface area contributed by atoms with Crippen LogP contribution in [0.3, 0.4) is 0 Å². The summed E-state index contributed by atoms with van der Waals surface area (Å²) in [6, 6.07) is 10.3. The van der Waals surface area contributed by atoms with Gasteiger partial charge in [-0.25, -0.2) is 0 Å². The Balaban J connectivity index is 1.95. The average molecular weight is 260 g/mol. The molecule has 102 valence electrons. The van der Waals surface area contributed by atoms with Gasteiger partial charge in [-0.15, -0.1) is 0 Å². The molecule has 1 saturated heterocycles. The van der Waals surface area contributed by atoms with Gasteiger partial charge in [0, 0.05) is 31.2 Å². The van der Waals surface area contributed by atoms with Crippen molar-refractivity contribution in [3.05, 3.63) is 46.3 Å². The highest BCUT2D eigenvalue weighted by atomic mass is 16.5.